The smallest absolute Gasteiger partial charge is 0.281 e. The molecule has 2 fully saturated rings. The van der Waals surface area contributed by atoms with Crippen LogP contribution in [0.15, 0.2) is 12.1 Å². The third-order valence-electron chi connectivity index (χ3n) is 6.15. The number of hydrogen-bond acceptors (Lipinski definition) is 4. The first-order valence-electron chi connectivity index (χ1n) is 9.72. The van der Waals surface area contributed by atoms with Crippen molar-refractivity contribution < 1.29 is 14.4 Å². The molecule has 4 nitrogen and oxygen atoms in total. The van der Waals surface area contributed by atoms with Crippen LogP contribution in [-0.4, -0.2) is 41.1 Å². The molecule has 1 aromatic rings. The van der Waals surface area contributed by atoms with Gasteiger partial charge >= 0.3 is 0 Å². The maximum atomic E-state index is 13.1. The predicted octanol–water partition coefficient (Wildman–Crippen LogP) is 4.26. The van der Waals surface area contributed by atoms with E-state index in [4.69, 9.17) is 0 Å². The van der Waals surface area contributed by atoms with Crippen molar-refractivity contribution in [2.24, 2.45) is 5.41 Å². The first-order valence-corrected chi connectivity index (χ1v) is 10.9. The summed E-state index contributed by atoms with van der Waals surface area (Å²) in [7, 11) is 0. The summed E-state index contributed by atoms with van der Waals surface area (Å²) in [6, 6.07) is 3.94. The Morgan fingerprint density at radius 3 is 2.11 bits per heavy atom. The summed E-state index contributed by atoms with van der Waals surface area (Å²) in [6.45, 7) is 6.98. The minimum atomic E-state index is -0.653. The third kappa shape index (κ3) is 3.89. The quantitative estimate of drug-likeness (QED) is 0.525. The average Bonchev–Trinajstić information content (AvgIpc) is 2.63. The number of likely N-dealkylation sites (tertiary alicyclic amines) is 1. The number of aryl methyl sites for hydroxylation is 2. The van der Waals surface area contributed by atoms with Crippen molar-refractivity contribution in [1.29, 1.82) is 0 Å². The van der Waals surface area contributed by atoms with E-state index in [1.807, 2.05) is 30.9 Å². The van der Waals surface area contributed by atoms with Crippen LogP contribution in [0.4, 0.5) is 4.79 Å². The number of hydrogen-bond donors (Lipinski definition) is 0. The Bertz CT molecular complexity index is 842. The van der Waals surface area contributed by atoms with Crippen molar-refractivity contribution >= 4 is 28.6 Å². The molecule has 2 aliphatic rings. The molecule has 1 aliphatic carbocycles. The summed E-state index contributed by atoms with van der Waals surface area (Å²) < 4.78 is 0. The van der Waals surface area contributed by atoms with Crippen LogP contribution < -0.4 is 0 Å². The molecule has 28 heavy (non-hydrogen) atoms. The average molecular weight is 398 g/mol. The van der Waals surface area contributed by atoms with E-state index in [9.17, 15) is 14.4 Å². The molecule has 1 amide bonds. The number of rotatable bonds is 1. The van der Waals surface area contributed by atoms with E-state index < -0.39 is 5.92 Å². The van der Waals surface area contributed by atoms with E-state index in [0.29, 0.717) is 25.9 Å². The summed E-state index contributed by atoms with van der Waals surface area (Å²) in [5, 5.41) is 0.0720. The Balaban J connectivity index is 1.82. The van der Waals surface area contributed by atoms with Crippen molar-refractivity contribution in [3.8, 4) is 11.8 Å². The molecule has 0 atom stereocenters. The monoisotopic (exact) mass is 397 g/mol. The minimum Gasteiger partial charge on any atom is -0.334 e. The van der Waals surface area contributed by atoms with Crippen LogP contribution in [0.5, 0.6) is 0 Å². The lowest BCUT2D eigenvalue weighted by atomic mass is 9.62. The molecule has 148 valence electrons. The highest BCUT2D eigenvalue weighted by Gasteiger charge is 2.47. The molecule has 1 heterocycles. The molecule has 0 aromatic heterocycles. The van der Waals surface area contributed by atoms with Crippen molar-refractivity contribution in [3.05, 3.63) is 34.4 Å². The maximum absolute atomic E-state index is 13.1. The summed E-state index contributed by atoms with van der Waals surface area (Å²) in [6.07, 6.45) is 4.10. The fourth-order valence-electron chi connectivity index (χ4n) is 4.80. The highest BCUT2D eigenvalue weighted by molar-refractivity contribution is 8.12. The van der Waals surface area contributed by atoms with E-state index in [0.717, 1.165) is 35.1 Å². The number of carbonyl (C=O) groups excluding carboxylic acids is 3. The number of benzene rings is 1. The van der Waals surface area contributed by atoms with Crippen LogP contribution in [0, 0.1) is 31.1 Å². The Labute approximate surface area is 171 Å². The minimum absolute atomic E-state index is 0.0291. The Kier molecular flexibility index (Phi) is 6.00. The molecule has 1 spiro atoms. The lowest BCUT2D eigenvalue weighted by Gasteiger charge is -2.44. The maximum Gasteiger partial charge on any atom is 0.281 e. The highest BCUT2D eigenvalue weighted by atomic mass is 32.2. The lowest BCUT2D eigenvalue weighted by molar-refractivity contribution is -0.138. The number of Topliss-reactive ketones (excluding diaryl/α,β-unsaturated/α-hetero) is 2. The molecule has 0 radical (unpaired) electrons. The molecule has 3 rings (SSSR count). The second kappa shape index (κ2) is 8.13. The van der Waals surface area contributed by atoms with Crippen molar-refractivity contribution in [1.82, 2.24) is 4.90 Å². The van der Waals surface area contributed by atoms with Crippen LogP contribution in [0.1, 0.15) is 60.8 Å². The first-order chi connectivity index (χ1) is 13.3. The molecular formula is C23H27NO3S. The van der Waals surface area contributed by atoms with E-state index in [1.54, 1.807) is 13.2 Å². The third-order valence-corrected chi connectivity index (χ3v) is 6.76. The summed E-state index contributed by atoms with van der Waals surface area (Å²) in [4.78, 5) is 40.0. The van der Waals surface area contributed by atoms with Gasteiger partial charge in [0.25, 0.3) is 5.24 Å². The number of carbonyl (C=O) groups is 3. The van der Waals surface area contributed by atoms with Gasteiger partial charge < -0.3 is 4.90 Å². The van der Waals surface area contributed by atoms with Gasteiger partial charge in [-0.15, -0.1) is 5.92 Å². The van der Waals surface area contributed by atoms with Crippen LogP contribution in [0.25, 0.3) is 0 Å². The largest absolute Gasteiger partial charge is 0.334 e. The van der Waals surface area contributed by atoms with Crippen molar-refractivity contribution in [2.45, 2.75) is 52.4 Å². The fourth-order valence-corrected chi connectivity index (χ4v) is 5.24. The van der Waals surface area contributed by atoms with Gasteiger partial charge in [0, 0.05) is 31.5 Å². The summed E-state index contributed by atoms with van der Waals surface area (Å²) in [5.41, 5.74) is 3.43. The Hall–Kier alpha value is -2.06. The fraction of sp³-hybridized carbons (Fsp3) is 0.522. The first kappa shape index (κ1) is 20.7. The number of thioether (sulfide) groups is 1. The summed E-state index contributed by atoms with van der Waals surface area (Å²) >= 11 is 1.22. The molecule has 0 unspecified atom stereocenters. The van der Waals surface area contributed by atoms with Gasteiger partial charge in [0.15, 0.2) is 0 Å². The topological polar surface area (TPSA) is 54.5 Å². The second-order valence-corrected chi connectivity index (χ2v) is 8.83. The van der Waals surface area contributed by atoms with Crippen LogP contribution in [0.3, 0.4) is 0 Å². The molecule has 0 N–H and O–H groups in total. The molecule has 1 saturated carbocycles. The van der Waals surface area contributed by atoms with Crippen molar-refractivity contribution in [2.75, 3.05) is 19.3 Å². The van der Waals surface area contributed by atoms with E-state index >= 15 is 0 Å². The Morgan fingerprint density at radius 2 is 1.64 bits per heavy atom. The van der Waals surface area contributed by atoms with E-state index in [2.05, 4.69) is 11.8 Å². The number of piperidine rings is 1. The molecule has 1 aromatic carbocycles. The van der Waals surface area contributed by atoms with Gasteiger partial charge in [-0.3, -0.25) is 14.4 Å². The highest BCUT2D eigenvalue weighted by Crippen LogP contribution is 2.46. The van der Waals surface area contributed by atoms with Gasteiger partial charge in [-0.25, -0.2) is 0 Å². The SMILES string of the molecule is CC#Cc1cc(C)c(C2C(=O)CC3(CCN(C(=O)SC)CC3)CC2=O)c(C)c1. The van der Waals surface area contributed by atoms with Crippen LogP contribution >= 0.6 is 11.8 Å². The molecule has 5 heteroatoms. The molecular weight excluding hydrogens is 370 g/mol. The van der Waals surface area contributed by atoms with Gasteiger partial charge in [-0.2, -0.15) is 0 Å². The zero-order valence-corrected chi connectivity index (χ0v) is 17.9. The zero-order chi connectivity index (χ0) is 20.5. The van der Waals surface area contributed by atoms with Gasteiger partial charge in [0.2, 0.25) is 0 Å². The van der Waals surface area contributed by atoms with Gasteiger partial charge in [0.1, 0.15) is 17.5 Å². The lowest BCUT2D eigenvalue weighted by Crippen LogP contribution is -2.47. The number of ketones is 2. The van der Waals surface area contributed by atoms with E-state index in [1.165, 1.54) is 11.8 Å². The number of amides is 1. The standard InChI is InChI=1S/C23H27NO3S/c1-5-6-17-11-15(2)20(16(3)12-17)21-18(25)13-23(14-19(21)26)7-9-24(10-8-23)22(27)28-4/h11-12,21H,7-10,13-14H2,1-4H3. The number of nitrogens with zero attached hydrogens (tertiary/aromatic N) is 1. The molecule has 1 aliphatic heterocycles. The van der Waals surface area contributed by atoms with Crippen LogP contribution in [0.2, 0.25) is 0 Å². The van der Waals surface area contributed by atoms with Gasteiger partial charge in [-0.05, 0) is 74.1 Å². The zero-order valence-electron chi connectivity index (χ0n) is 17.1. The molecule has 1 saturated heterocycles. The second-order valence-electron chi connectivity index (χ2n) is 8.07. The summed E-state index contributed by atoms with van der Waals surface area (Å²) in [5.74, 6) is 5.35. The Morgan fingerprint density at radius 1 is 1.11 bits per heavy atom. The van der Waals surface area contributed by atoms with E-state index in [-0.39, 0.29) is 22.2 Å². The predicted molar refractivity (Wildman–Crippen MR) is 113 cm³/mol. The normalized spacial score (nSPS) is 19.5. The van der Waals surface area contributed by atoms with Crippen LogP contribution in [-0.2, 0) is 9.59 Å². The van der Waals surface area contributed by atoms with Gasteiger partial charge in [0.05, 0.1) is 0 Å². The molecule has 0 bridgehead atoms. The van der Waals surface area contributed by atoms with Crippen molar-refractivity contribution in [3.63, 3.8) is 0 Å². The van der Waals surface area contributed by atoms with Gasteiger partial charge in [-0.1, -0.05) is 17.7 Å².